The topological polar surface area (TPSA) is 64.3 Å². The van der Waals surface area contributed by atoms with Gasteiger partial charge in [-0.25, -0.2) is 4.57 Å². The first-order valence-corrected chi connectivity index (χ1v) is 6.72. The van der Waals surface area contributed by atoms with Crippen LogP contribution in [0.2, 0.25) is 0 Å². The summed E-state index contributed by atoms with van der Waals surface area (Å²) in [6, 6.07) is 5.41. The molecule has 3 heterocycles. The molecule has 0 radical (unpaired) electrons. The van der Waals surface area contributed by atoms with Gasteiger partial charge in [0.25, 0.3) is 5.56 Å². The van der Waals surface area contributed by atoms with Gasteiger partial charge in [0, 0.05) is 12.6 Å². The molecule has 1 atom stereocenters. The third-order valence-corrected chi connectivity index (χ3v) is 3.81. The second-order valence-corrected chi connectivity index (χ2v) is 5.37. The number of fused-ring (bicyclic) bond motifs is 1. The zero-order chi connectivity index (χ0) is 13.4. The van der Waals surface area contributed by atoms with Crippen molar-refractivity contribution in [3.05, 3.63) is 49.8 Å². The second kappa shape index (κ2) is 4.55. The lowest BCUT2D eigenvalue weighted by molar-refractivity contribution is 0.0877. The van der Waals surface area contributed by atoms with E-state index in [9.17, 15) is 9.59 Å². The Bertz CT molecular complexity index is 805. The Balaban J connectivity index is 2.25. The van der Waals surface area contributed by atoms with E-state index >= 15 is 0 Å². The van der Waals surface area contributed by atoms with Gasteiger partial charge < -0.3 is 0 Å². The lowest BCUT2D eigenvalue weighted by Crippen LogP contribution is -2.40. The van der Waals surface area contributed by atoms with Crippen molar-refractivity contribution in [2.75, 3.05) is 0 Å². The molecule has 2 aromatic rings. The maximum atomic E-state index is 12.2. The molecule has 0 aromatic carbocycles. The number of rotatable bonds is 1. The third-order valence-electron chi connectivity index (χ3n) is 2.82. The average Bonchev–Trinajstić information content (AvgIpc) is 2.67. The summed E-state index contributed by atoms with van der Waals surface area (Å²) < 4.78 is 1.65. The van der Waals surface area contributed by atoms with Crippen LogP contribution in [-0.4, -0.2) is 21.5 Å². The molecule has 0 amide bonds. The van der Waals surface area contributed by atoms with E-state index in [0.717, 1.165) is 0 Å². The SMILES string of the molecule is C[C@@H]1CC(=O)n2c(s/c(=C/c3ccccn3)c2=O)=N1. The van der Waals surface area contributed by atoms with E-state index in [4.69, 9.17) is 0 Å². The molecule has 2 aromatic heterocycles. The van der Waals surface area contributed by atoms with E-state index < -0.39 is 0 Å². The van der Waals surface area contributed by atoms with Crippen LogP contribution in [-0.2, 0) is 0 Å². The van der Waals surface area contributed by atoms with Crippen LogP contribution >= 0.6 is 11.3 Å². The van der Waals surface area contributed by atoms with E-state index in [1.807, 2.05) is 25.1 Å². The molecule has 1 aliphatic rings. The predicted octanol–water partition coefficient (Wildman–Crippen LogP) is 0.186. The molecular formula is C13H11N3O2S. The summed E-state index contributed by atoms with van der Waals surface area (Å²) >= 11 is 1.23. The zero-order valence-electron chi connectivity index (χ0n) is 10.2. The molecule has 0 aliphatic carbocycles. The first-order valence-electron chi connectivity index (χ1n) is 5.91. The van der Waals surface area contributed by atoms with Crippen molar-refractivity contribution >= 4 is 23.3 Å². The Kier molecular flexibility index (Phi) is 2.87. The molecular weight excluding hydrogens is 262 g/mol. The molecule has 0 unspecified atom stereocenters. The highest BCUT2D eigenvalue weighted by Gasteiger charge is 2.20. The second-order valence-electron chi connectivity index (χ2n) is 4.36. The van der Waals surface area contributed by atoms with Gasteiger partial charge in [-0.15, -0.1) is 0 Å². The van der Waals surface area contributed by atoms with Gasteiger partial charge in [0.1, 0.15) is 0 Å². The van der Waals surface area contributed by atoms with Gasteiger partial charge in [-0.05, 0) is 25.1 Å². The first-order chi connectivity index (χ1) is 9.15. The summed E-state index contributed by atoms with van der Waals surface area (Å²) in [6.07, 6.45) is 3.63. The fourth-order valence-corrected chi connectivity index (χ4v) is 3.02. The monoisotopic (exact) mass is 273 g/mol. The lowest BCUT2D eigenvalue weighted by Gasteiger charge is -2.09. The van der Waals surface area contributed by atoms with Crippen molar-refractivity contribution in [3.8, 4) is 0 Å². The number of pyridine rings is 1. The number of carbonyl (C=O) groups excluding carboxylic acids is 1. The first kappa shape index (κ1) is 12.0. The van der Waals surface area contributed by atoms with Gasteiger partial charge in [-0.3, -0.25) is 19.6 Å². The van der Waals surface area contributed by atoms with Crippen LogP contribution in [0.1, 0.15) is 23.8 Å². The number of nitrogens with zero attached hydrogens (tertiary/aromatic N) is 3. The molecule has 6 heteroatoms. The minimum Gasteiger partial charge on any atom is -0.274 e. The Morgan fingerprint density at radius 1 is 1.42 bits per heavy atom. The van der Waals surface area contributed by atoms with Crippen LogP contribution in [0, 0.1) is 0 Å². The van der Waals surface area contributed by atoms with Crippen LogP contribution < -0.4 is 14.9 Å². The highest BCUT2D eigenvalue weighted by Crippen LogP contribution is 2.02. The molecule has 19 heavy (non-hydrogen) atoms. The Labute approximate surface area is 112 Å². The molecule has 0 bridgehead atoms. The van der Waals surface area contributed by atoms with Crippen molar-refractivity contribution in [1.82, 2.24) is 9.55 Å². The van der Waals surface area contributed by atoms with Crippen molar-refractivity contribution in [2.24, 2.45) is 4.99 Å². The molecule has 0 spiro atoms. The Morgan fingerprint density at radius 2 is 2.26 bits per heavy atom. The predicted molar refractivity (Wildman–Crippen MR) is 71.9 cm³/mol. The van der Waals surface area contributed by atoms with Gasteiger partial charge in [-0.2, -0.15) is 0 Å². The largest absolute Gasteiger partial charge is 0.277 e. The maximum absolute atomic E-state index is 12.2. The Hall–Kier alpha value is -2.08. The number of aromatic nitrogens is 2. The average molecular weight is 273 g/mol. The number of carbonyl (C=O) groups is 1. The molecule has 0 saturated heterocycles. The molecule has 3 rings (SSSR count). The highest BCUT2D eigenvalue weighted by atomic mass is 32.1. The van der Waals surface area contributed by atoms with Crippen LogP contribution in [0.15, 0.2) is 34.2 Å². The summed E-state index contributed by atoms with van der Waals surface area (Å²) in [5.74, 6) is -0.181. The third kappa shape index (κ3) is 2.15. The summed E-state index contributed by atoms with van der Waals surface area (Å²) in [4.78, 5) is 33.0. The van der Waals surface area contributed by atoms with E-state index in [1.165, 1.54) is 15.9 Å². The van der Waals surface area contributed by atoms with E-state index in [2.05, 4.69) is 9.98 Å². The zero-order valence-corrected chi connectivity index (χ0v) is 11.1. The summed E-state index contributed by atoms with van der Waals surface area (Å²) in [6.45, 7) is 1.87. The van der Waals surface area contributed by atoms with Crippen molar-refractivity contribution in [3.63, 3.8) is 0 Å². The van der Waals surface area contributed by atoms with E-state index in [-0.39, 0.29) is 23.9 Å². The maximum Gasteiger partial charge on any atom is 0.277 e. The fraction of sp³-hybridized carbons (Fsp3) is 0.231. The number of hydrogen-bond donors (Lipinski definition) is 0. The molecule has 0 N–H and O–H groups in total. The molecule has 1 aliphatic heterocycles. The minimum atomic E-state index is -0.300. The minimum absolute atomic E-state index is 0.0618. The van der Waals surface area contributed by atoms with Gasteiger partial charge in [0.2, 0.25) is 5.91 Å². The summed E-state index contributed by atoms with van der Waals surface area (Å²) in [5, 5.41) is 0. The Morgan fingerprint density at radius 3 is 3.00 bits per heavy atom. The fourth-order valence-electron chi connectivity index (χ4n) is 1.95. The summed E-state index contributed by atoms with van der Waals surface area (Å²) in [5.41, 5.74) is 0.394. The van der Waals surface area contributed by atoms with Gasteiger partial charge in [0.05, 0.1) is 16.3 Å². The van der Waals surface area contributed by atoms with Crippen molar-refractivity contribution < 1.29 is 4.79 Å². The van der Waals surface area contributed by atoms with E-state index in [0.29, 0.717) is 15.0 Å². The molecule has 5 nitrogen and oxygen atoms in total. The van der Waals surface area contributed by atoms with Crippen molar-refractivity contribution in [1.29, 1.82) is 0 Å². The number of hydrogen-bond acceptors (Lipinski definition) is 5. The highest BCUT2D eigenvalue weighted by molar-refractivity contribution is 7.07. The molecule has 96 valence electrons. The number of thiazole rings is 1. The van der Waals surface area contributed by atoms with Crippen LogP contribution in [0.25, 0.3) is 6.08 Å². The smallest absolute Gasteiger partial charge is 0.274 e. The van der Waals surface area contributed by atoms with Crippen molar-refractivity contribution in [2.45, 2.75) is 19.4 Å². The lowest BCUT2D eigenvalue weighted by atomic mass is 10.2. The van der Waals surface area contributed by atoms with Crippen LogP contribution in [0.3, 0.4) is 0 Å². The van der Waals surface area contributed by atoms with E-state index in [1.54, 1.807) is 12.3 Å². The van der Waals surface area contributed by atoms with Crippen LogP contribution in [0.4, 0.5) is 0 Å². The van der Waals surface area contributed by atoms with Gasteiger partial charge in [-0.1, -0.05) is 17.4 Å². The quantitative estimate of drug-likeness (QED) is 0.745. The van der Waals surface area contributed by atoms with Gasteiger partial charge in [0.15, 0.2) is 4.80 Å². The molecule has 0 saturated carbocycles. The van der Waals surface area contributed by atoms with Crippen LogP contribution in [0.5, 0.6) is 0 Å². The molecule has 0 fully saturated rings. The normalized spacial score (nSPS) is 19.1. The summed E-state index contributed by atoms with van der Waals surface area (Å²) in [7, 11) is 0. The standard InChI is InChI=1S/C13H11N3O2S/c1-8-6-11(17)16-12(18)10(19-13(16)15-8)7-9-4-2-3-5-14-9/h2-5,7-8H,6H2,1H3/b10-7+/t8-/m1/s1. The van der Waals surface area contributed by atoms with Gasteiger partial charge >= 0.3 is 0 Å².